The average molecular weight is 736 g/mol. The molecular weight excluding hydrogens is 690 g/mol. The molecule has 0 saturated heterocycles. The summed E-state index contributed by atoms with van der Waals surface area (Å²) in [7, 11) is 5.95. The smallest absolute Gasteiger partial charge is 0.413 e. The number of fused-ring (bicyclic) bond motifs is 3. The number of carbonyl (C=O) groups is 5. The van der Waals surface area contributed by atoms with Crippen LogP contribution in [0.3, 0.4) is 0 Å². The Hall–Kier alpha value is -5.25. The second kappa shape index (κ2) is 15.4. The molecule has 0 fully saturated rings. The minimum Gasteiger partial charge on any atom is -0.510 e. The van der Waals surface area contributed by atoms with Crippen LogP contribution in [0.1, 0.15) is 41.8 Å². The summed E-state index contributed by atoms with van der Waals surface area (Å²) >= 11 is 0. The Bertz CT molecular complexity index is 1880. The number of aliphatic hydroxyl groups is 3. The Morgan fingerprint density at radius 3 is 2.30 bits per heavy atom. The second-order valence-electron chi connectivity index (χ2n) is 13.9. The summed E-state index contributed by atoms with van der Waals surface area (Å²) in [5, 5.41) is 48.0. The fourth-order valence-electron chi connectivity index (χ4n) is 7.47. The van der Waals surface area contributed by atoms with Gasteiger partial charge in [-0.1, -0.05) is 44.2 Å². The summed E-state index contributed by atoms with van der Waals surface area (Å²) < 4.78 is 15.3. The Morgan fingerprint density at radius 2 is 1.70 bits per heavy atom. The van der Waals surface area contributed by atoms with Crippen molar-refractivity contribution in [3.63, 3.8) is 0 Å². The van der Waals surface area contributed by atoms with E-state index < -0.39 is 76.9 Å². The van der Waals surface area contributed by atoms with Gasteiger partial charge in [-0.15, -0.1) is 0 Å². The monoisotopic (exact) mass is 735 g/mol. The zero-order chi connectivity index (χ0) is 38.9. The SMILES string of the molecule is CNC(=O)C1=C(O)[C@@H](N(C)C)[C@@H]2C[C@@H]3Cc4c(-c5ccc(CN(CCOC)C(=O)OCOC(=O)C(C)C)cc5)ccc(O)c4C(=O)C3=C(O)[C@]2(O)C1=O. The number of ether oxygens (including phenoxy) is 3. The van der Waals surface area contributed by atoms with Crippen molar-refractivity contribution >= 4 is 29.5 Å². The number of carbonyl (C=O) groups excluding carboxylic acids is 5. The molecule has 0 saturated carbocycles. The highest BCUT2D eigenvalue weighted by Gasteiger charge is 2.63. The zero-order valence-electron chi connectivity index (χ0n) is 30.5. The molecule has 2 amide bonds. The van der Waals surface area contributed by atoms with E-state index in [9.17, 15) is 44.4 Å². The maximum atomic E-state index is 14.2. The van der Waals surface area contributed by atoms with Crippen LogP contribution in [-0.2, 0) is 41.6 Å². The number of Topliss-reactive ketones (excluding diaryl/α,β-unsaturated/α-hetero) is 2. The molecule has 3 aliphatic rings. The van der Waals surface area contributed by atoms with Gasteiger partial charge in [0.1, 0.15) is 22.8 Å². The van der Waals surface area contributed by atoms with E-state index in [2.05, 4.69) is 5.32 Å². The molecule has 15 nitrogen and oxygen atoms in total. The number of amides is 2. The number of phenolic OH excluding ortho intramolecular Hbond substituents is 1. The highest BCUT2D eigenvalue weighted by molar-refractivity contribution is 6.25. The Labute approximate surface area is 306 Å². The first kappa shape index (κ1) is 39.0. The first-order chi connectivity index (χ1) is 25.1. The van der Waals surface area contributed by atoms with Crippen molar-refractivity contribution in [1.82, 2.24) is 15.1 Å². The number of nitrogens with zero attached hydrogens (tertiary/aromatic N) is 2. The van der Waals surface area contributed by atoms with E-state index in [1.54, 1.807) is 58.3 Å². The van der Waals surface area contributed by atoms with Gasteiger partial charge >= 0.3 is 12.1 Å². The van der Waals surface area contributed by atoms with E-state index in [0.29, 0.717) is 16.7 Å². The number of phenols is 1. The number of benzene rings is 2. The van der Waals surface area contributed by atoms with Gasteiger partial charge in [-0.25, -0.2) is 4.79 Å². The maximum absolute atomic E-state index is 14.2. The maximum Gasteiger partial charge on any atom is 0.413 e. The van der Waals surface area contributed by atoms with Gasteiger partial charge < -0.3 is 44.9 Å². The molecule has 3 aliphatic carbocycles. The van der Waals surface area contributed by atoms with Gasteiger partial charge in [0.25, 0.3) is 5.91 Å². The molecule has 2 aromatic carbocycles. The molecule has 0 radical (unpaired) electrons. The molecule has 4 atom stereocenters. The van der Waals surface area contributed by atoms with E-state index in [1.807, 2.05) is 0 Å². The molecule has 5 rings (SSSR count). The minimum absolute atomic E-state index is 0.0150. The number of likely N-dealkylation sites (N-methyl/N-ethyl adjacent to an activating group) is 2. The van der Waals surface area contributed by atoms with Crippen LogP contribution in [0.4, 0.5) is 4.79 Å². The normalized spacial score (nSPS) is 22.3. The van der Waals surface area contributed by atoms with Crippen LogP contribution in [0.2, 0.25) is 0 Å². The van der Waals surface area contributed by atoms with Crippen molar-refractivity contribution in [3.8, 4) is 16.9 Å². The zero-order valence-corrected chi connectivity index (χ0v) is 30.5. The summed E-state index contributed by atoms with van der Waals surface area (Å²) in [4.78, 5) is 68.1. The molecule has 2 aromatic rings. The topological polar surface area (TPSA) is 212 Å². The lowest BCUT2D eigenvalue weighted by Crippen LogP contribution is -2.63. The van der Waals surface area contributed by atoms with Gasteiger partial charge in [0.15, 0.2) is 11.4 Å². The van der Waals surface area contributed by atoms with Crippen molar-refractivity contribution in [2.45, 2.75) is 44.9 Å². The van der Waals surface area contributed by atoms with Crippen molar-refractivity contribution in [3.05, 3.63) is 75.8 Å². The van der Waals surface area contributed by atoms with Gasteiger partial charge in [-0.05, 0) is 61.2 Å². The molecule has 0 bridgehead atoms. The summed E-state index contributed by atoms with van der Waals surface area (Å²) in [6.45, 7) is 3.36. The molecule has 0 unspecified atom stereocenters. The van der Waals surface area contributed by atoms with E-state index in [-0.39, 0.29) is 55.3 Å². The van der Waals surface area contributed by atoms with Crippen molar-refractivity contribution in [2.75, 3.05) is 48.2 Å². The summed E-state index contributed by atoms with van der Waals surface area (Å²) in [5.74, 6) is -7.46. The number of esters is 1. The number of aromatic hydroxyl groups is 1. The molecule has 0 aromatic heterocycles. The third-order valence-electron chi connectivity index (χ3n) is 10.1. The lowest BCUT2D eigenvalue weighted by Gasteiger charge is -2.50. The Morgan fingerprint density at radius 1 is 1.02 bits per heavy atom. The van der Waals surface area contributed by atoms with Crippen LogP contribution < -0.4 is 5.32 Å². The summed E-state index contributed by atoms with van der Waals surface area (Å²) in [6.07, 6.45) is -0.582. The number of aliphatic hydroxyl groups excluding tert-OH is 2. The quantitative estimate of drug-likeness (QED) is 0.128. The molecule has 5 N–H and O–H groups in total. The fourth-order valence-corrected chi connectivity index (χ4v) is 7.47. The van der Waals surface area contributed by atoms with Gasteiger partial charge in [-0.3, -0.25) is 24.1 Å². The van der Waals surface area contributed by atoms with Crippen LogP contribution in [-0.4, -0.2) is 120 Å². The molecule has 0 aliphatic heterocycles. The van der Waals surface area contributed by atoms with Gasteiger partial charge in [-0.2, -0.15) is 0 Å². The van der Waals surface area contributed by atoms with E-state index in [0.717, 1.165) is 5.56 Å². The third kappa shape index (κ3) is 6.99. The highest BCUT2D eigenvalue weighted by Crippen LogP contribution is 2.53. The molecule has 0 spiro atoms. The standard InChI is InChI=1S/C38H45N3O12/c1-19(2)36(48)52-18-53-37(49)41(13-14-51-6)17-20-7-9-21(10-8-20)23-11-12-26(42)28-24(23)15-22-16-25-30(40(4)5)32(44)29(35(47)39-3)34(46)38(25,50)33(45)27(22)31(28)43/h7-12,19,22,25,30,42,44-45,50H,13-18H2,1-6H3,(H,39,47)/t22-,25-,30-,38-/m0/s1. The fraction of sp³-hybridized carbons (Fsp3) is 0.447. The molecule has 0 heterocycles. The van der Waals surface area contributed by atoms with Crippen molar-refractivity contribution in [1.29, 1.82) is 0 Å². The number of nitrogens with one attached hydrogen (secondary N) is 1. The summed E-state index contributed by atoms with van der Waals surface area (Å²) in [5.41, 5.74) is -1.19. The number of hydrogen-bond acceptors (Lipinski definition) is 13. The predicted molar refractivity (Wildman–Crippen MR) is 189 cm³/mol. The minimum atomic E-state index is -2.69. The van der Waals surface area contributed by atoms with E-state index in [1.165, 1.54) is 30.0 Å². The van der Waals surface area contributed by atoms with Gasteiger partial charge in [0.2, 0.25) is 12.6 Å². The molecule has 15 heteroatoms. The largest absolute Gasteiger partial charge is 0.510 e. The average Bonchev–Trinajstić information content (AvgIpc) is 3.11. The first-order valence-electron chi connectivity index (χ1n) is 17.2. The molecule has 53 heavy (non-hydrogen) atoms. The van der Waals surface area contributed by atoms with Crippen LogP contribution in [0.25, 0.3) is 11.1 Å². The highest BCUT2D eigenvalue weighted by atomic mass is 16.7. The number of rotatable bonds is 11. The summed E-state index contributed by atoms with van der Waals surface area (Å²) in [6, 6.07) is 9.13. The molecule has 284 valence electrons. The van der Waals surface area contributed by atoms with Crippen LogP contribution in [0.5, 0.6) is 5.75 Å². The number of allylic oxidation sites excluding steroid dienone is 1. The van der Waals surface area contributed by atoms with Gasteiger partial charge in [0, 0.05) is 38.7 Å². The van der Waals surface area contributed by atoms with Crippen LogP contribution in [0.15, 0.2) is 59.1 Å². The second-order valence-corrected chi connectivity index (χ2v) is 13.9. The van der Waals surface area contributed by atoms with Crippen molar-refractivity contribution in [2.24, 2.45) is 17.8 Å². The first-order valence-corrected chi connectivity index (χ1v) is 17.2. The van der Waals surface area contributed by atoms with Crippen molar-refractivity contribution < 1.29 is 58.6 Å². The lowest BCUT2D eigenvalue weighted by molar-refractivity contribution is -0.156. The van der Waals surface area contributed by atoms with Crippen LogP contribution >= 0.6 is 0 Å². The number of hydrogen-bond donors (Lipinski definition) is 5. The Kier molecular flexibility index (Phi) is 11.3. The third-order valence-corrected chi connectivity index (χ3v) is 10.1. The number of ketones is 2. The Balaban J connectivity index is 1.46. The predicted octanol–water partition coefficient (Wildman–Crippen LogP) is 2.79. The van der Waals surface area contributed by atoms with Gasteiger partial charge in [0.05, 0.1) is 24.1 Å². The van der Waals surface area contributed by atoms with Crippen LogP contribution in [0, 0.1) is 17.8 Å². The van der Waals surface area contributed by atoms with E-state index in [4.69, 9.17) is 14.2 Å². The van der Waals surface area contributed by atoms with E-state index >= 15 is 0 Å². The lowest BCUT2D eigenvalue weighted by atomic mass is 9.58. The number of methoxy groups -OCH3 is 1. The molecular formula is C38H45N3O12.